The Morgan fingerprint density at radius 3 is 1.45 bits per heavy atom. The SMILES string of the molecule is CN(C)CCCNc1ccc2c3c(cccc13)C(=O)N(CCCCSCCN1C(=O)c3cccc4c(NCCCN(C)C)ccc(c34)C1=O)C2=O. The lowest BCUT2D eigenvalue weighted by molar-refractivity contribution is 0.0598. The van der Waals surface area contributed by atoms with Crippen LogP contribution >= 0.6 is 11.8 Å². The summed E-state index contributed by atoms with van der Waals surface area (Å²) in [5.74, 6) is 0.384. The van der Waals surface area contributed by atoms with Crippen molar-refractivity contribution in [3.63, 3.8) is 0 Å². The van der Waals surface area contributed by atoms with Crippen LogP contribution in [0.1, 0.15) is 67.1 Å². The number of carbonyl (C=O) groups excluding carboxylic acids is 4. The Hall–Kier alpha value is -4.45. The van der Waals surface area contributed by atoms with Crippen molar-refractivity contribution in [2.45, 2.75) is 25.7 Å². The quantitative estimate of drug-likeness (QED) is 0.0934. The molecule has 0 saturated heterocycles. The number of benzene rings is 4. The number of nitrogens with zero attached hydrogens (tertiary/aromatic N) is 4. The van der Waals surface area contributed by atoms with E-state index in [1.165, 1.54) is 9.80 Å². The van der Waals surface area contributed by atoms with E-state index in [1.807, 2.05) is 74.8 Å². The highest BCUT2D eigenvalue weighted by molar-refractivity contribution is 7.99. The van der Waals surface area contributed by atoms with Crippen LogP contribution in [-0.4, -0.2) is 122 Å². The molecule has 0 saturated carbocycles. The molecule has 0 radical (unpaired) electrons. The minimum atomic E-state index is -0.256. The molecule has 0 aromatic heterocycles. The number of imide groups is 2. The van der Waals surface area contributed by atoms with Gasteiger partial charge in [0.1, 0.15) is 0 Å². The van der Waals surface area contributed by atoms with Crippen molar-refractivity contribution in [3.8, 4) is 0 Å². The number of thioether (sulfide) groups is 1. The van der Waals surface area contributed by atoms with Crippen LogP contribution in [0.15, 0.2) is 60.7 Å². The minimum absolute atomic E-state index is 0.250. The molecule has 2 N–H and O–H groups in total. The first-order chi connectivity index (χ1) is 24.7. The number of anilines is 2. The zero-order valence-electron chi connectivity index (χ0n) is 30.1. The maximum atomic E-state index is 13.5. The van der Waals surface area contributed by atoms with Gasteiger partial charge in [0.15, 0.2) is 0 Å². The Balaban J connectivity index is 0.993. The van der Waals surface area contributed by atoms with Gasteiger partial charge in [0.05, 0.1) is 0 Å². The topological polar surface area (TPSA) is 105 Å². The number of unbranched alkanes of at least 4 members (excludes halogenated alkanes) is 1. The summed E-state index contributed by atoms with van der Waals surface area (Å²) in [6.07, 6.45) is 3.43. The third-order valence-electron chi connectivity index (χ3n) is 9.56. The number of nitrogens with one attached hydrogen (secondary N) is 2. The first-order valence-electron chi connectivity index (χ1n) is 17.9. The Kier molecular flexibility index (Phi) is 11.6. The van der Waals surface area contributed by atoms with Gasteiger partial charge in [-0.25, -0.2) is 0 Å². The van der Waals surface area contributed by atoms with Gasteiger partial charge < -0.3 is 20.4 Å². The van der Waals surface area contributed by atoms with Crippen LogP contribution in [0.25, 0.3) is 21.5 Å². The molecule has 0 spiro atoms. The molecular formula is C40H48N6O4S. The highest BCUT2D eigenvalue weighted by Gasteiger charge is 2.34. The van der Waals surface area contributed by atoms with Crippen molar-refractivity contribution in [1.82, 2.24) is 19.6 Å². The monoisotopic (exact) mass is 708 g/mol. The molecule has 0 aliphatic carbocycles. The molecule has 0 bridgehead atoms. The van der Waals surface area contributed by atoms with Crippen molar-refractivity contribution in [2.75, 3.05) is 89.6 Å². The van der Waals surface area contributed by atoms with Gasteiger partial charge in [0.2, 0.25) is 0 Å². The van der Waals surface area contributed by atoms with Gasteiger partial charge in [-0.15, -0.1) is 0 Å². The van der Waals surface area contributed by atoms with Gasteiger partial charge >= 0.3 is 0 Å². The van der Waals surface area contributed by atoms with Gasteiger partial charge in [-0.2, -0.15) is 11.8 Å². The first kappa shape index (κ1) is 36.3. The van der Waals surface area contributed by atoms with E-state index >= 15 is 0 Å². The third kappa shape index (κ3) is 7.75. The molecule has 0 fully saturated rings. The van der Waals surface area contributed by atoms with E-state index in [0.29, 0.717) is 47.5 Å². The molecule has 51 heavy (non-hydrogen) atoms. The van der Waals surface area contributed by atoms with E-state index in [1.54, 1.807) is 11.8 Å². The molecule has 2 aliphatic rings. The average Bonchev–Trinajstić information content (AvgIpc) is 3.12. The predicted octanol–water partition coefficient (Wildman–Crippen LogP) is 6.13. The van der Waals surface area contributed by atoms with Gasteiger partial charge in [-0.3, -0.25) is 29.0 Å². The largest absolute Gasteiger partial charge is 0.384 e. The Bertz CT molecular complexity index is 1780. The smallest absolute Gasteiger partial charge is 0.261 e. The van der Waals surface area contributed by atoms with E-state index in [0.717, 1.165) is 84.1 Å². The second kappa shape index (κ2) is 16.3. The van der Waals surface area contributed by atoms with E-state index < -0.39 is 0 Å². The fraction of sp³-hybridized carbons (Fsp3) is 0.400. The second-order valence-electron chi connectivity index (χ2n) is 13.8. The summed E-state index contributed by atoms with van der Waals surface area (Å²) in [4.78, 5) is 61.1. The van der Waals surface area contributed by atoms with Crippen LogP contribution in [0.5, 0.6) is 0 Å². The fourth-order valence-corrected chi connectivity index (χ4v) is 7.90. The highest BCUT2D eigenvalue weighted by atomic mass is 32.2. The van der Waals surface area contributed by atoms with Gasteiger partial charge in [0, 0.05) is 87.1 Å². The third-order valence-corrected chi connectivity index (χ3v) is 10.6. The molecule has 4 aromatic rings. The summed E-state index contributed by atoms with van der Waals surface area (Å²) >= 11 is 1.67. The summed E-state index contributed by atoms with van der Waals surface area (Å²) in [5.41, 5.74) is 4.11. The summed E-state index contributed by atoms with van der Waals surface area (Å²) in [5, 5.41) is 10.2. The molecule has 4 aromatic carbocycles. The molecule has 6 rings (SSSR count). The molecule has 0 unspecified atom stereocenters. The van der Waals surface area contributed by atoms with Crippen LogP contribution < -0.4 is 10.6 Å². The fourth-order valence-electron chi connectivity index (χ4n) is 6.98. The first-order valence-corrected chi connectivity index (χ1v) is 19.0. The molecule has 2 heterocycles. The molecule has 2 aliphatic heterocycles. The number of amides is 4. The van der Waals surface area contributed by atoms with Gasteiger partial charge in [0.25, 0.3) is 23.6 Å². The lowest BCUT2D eigenvalue weighted by Gasteiger charge is -2.28. The maximum absolute atomic E-state index is 13.5. The zero-order chi connectivity index (χ0) is 36.1. The van der Waals surface area contributed by atoms with Crippen molar-refractivity contribution >= 4 is 68.3 Å². The Morgan fingerprint density at radius 2 is 0.980 bits per heavy atom. The molecule has 0 atom stereocenters. The molecular weight excluding hydrogens is 661 g/mol. The summed E-state index contributed by atoms with van der Waals surface area (Å²) in [7, 11) is 8.20. The maximum Gasteiger partial charge on any atom is 0.261 e. The molecule has 4 amide bonds. The number of hydrogen-bond donors (Lipinski definition) is 2. The van der Waals surface area contributed by atoms with E-state index in [9.17, 15) is 19.2 Å². The van der Waals surface area contributed by atoms with Gasteiger partial charge in [-0.1, -0.05) is 24.3 Å². The van der Waals surface area contributed by atoms with Crippen molar-refractivity contribution in [1.29, 1.82) is 0 Å². The molecule has 11 heteroatoms. The molecule has 268 valence electrons. The predicted molar refractivity (Wildman–Crippen MR) is 209 cm³/mol. The van der Waals surface area contributed by atoms with E-state index in [2.05, 4.69) is 34.5 Å². The average molecular weight is 709 g/mol. The summed E-state index contributed by atoms with van der Waals surface area (Å²) in [6, 6.07) is 18.9. The van der Waals surface area contributed by atoms with Crippen molar-refractivity contribution in [2.24, 2.45) is 0 Å². The number of hydrogen-bond acceptors (Lipinski definition) is 9. The minimum Gasteiger partial charge on any atom is -0.384 e. The lowest BCUT2D eigenvalue weighted by Crippen LogP contribution is -2.41. The summed E-state index contributed by atoms with van der Waals surface area (Å²) < 4.78 is 0. The Labute approximate surface area is 304 Å². The number of carbonyl (C=O) groups is 4. The standard InChI is InChI=1S/C40H48N6O4S/c1-43(2)21-9-19-41-33-17-15-31-35-27(33)11-7-13-29(35)37(47)45(39(31)49)23-5-6-25-51-26-24-46-38(48)30-14-8-12-28-34(42-20-10-22-44(3)4)18-16-32(36(28)30)40(46)50/h7-8,11-18,41-42H,5-6,9-10,19-26H2,1-4H3. The number of rotatable bonds is 18. The summed E-state index contributed by atoms with van der Waals surface area (Å²) in [6.45, 7) is 4.20. The second-order valence-corrected chi connectivity index (χ2v) is 15.0. The van der Waals surface area contributed by atoms with E-state index in [-0.39, 0.29) is 23.6 Å². The van der Waals surface area contributed by atoms with E-state index in [4.69, 9.17) is 0 Å². The zero-order valence-corrected chi connectivity index (χ0v) is 30.9. The van der Waals surface area contributed by atoms with Crippen LogP contribution in [0.3, 0.4) is 0 Å². The lowest BCUT2D eigenvalue weighted by atomic mass is 9.93. The van der Waals surface area contributed by atoms with Gasteiger partial charge in [-0.05, 0) is 109 Å². The van der Waals surface area contributed by atoms with Crippen molar-refractivity contribution < 1.29 is 19.2 Å². The van der Waals surface area contributed by atoms with Crippen LogP contribution in [0.2, 0.25) is 0 Å². The normalized spacial score (nSPS) is 14.2. The van der Waals surface area contributed by atoms with Crippen LogP contribution in [0, 0.1) is 0 Å². The van der Waals surface area contributed by atoms with Crippen molar-refractivity contribution in [3.05, 3.63) is 82.9 Å². The highest BCUT2D eigenvalue weighted by Crippen LogP contribution is 2.36. The Morgan fingerprint density at radius 1 is 0.529 bits per heavy atom. The molecule has 10 nitrogen and oxygen atoms in total. The van der Waals surface area contributed by atoms with Crippen LogP contribution in [0.4, 0.5) is 11.4 Å². The van der Waals surface area contributed by atoms with Crippen LogP contribution in [-0.2, 0) is 0 Å².